The first-order chi connectivity index (χ1) is 8.83. The third-order valence-corrected chi connectivity index (χ3v) is 2.83. The molecule has 3 aromatic rings. The van der Waals surface area contributed by atoms with Gasteiger partial charge in [0.15, 0.2) is 0 Å². The molecule has 88 valence electrons. The van der Waals surface area contributed by atoms with Crippen LogP contribution in [0.4, 0.5) is 0 Å². The van der Waals surface area contributed by atoms with Crippen LogP contribution in [0.1, 0.15) is 0 Å². The molecule has 0 atom stereocenters. The highest BCUT2D eigenvalue weighted by Crippen LogP contribution is 2.24. The van der Waals surface area contributed by atoms with E-state index in [9.17, 15) is 0 Å². The first-order valence-corrected chi connectivity index (χ1v) is 5.95. The van der Waals surface area contributed by atoms with Gasteiger partial charge in [-0.25, -0.2) is 5.10 Å². The van der Waals surface area contributed by atoms with Crippen molar-refractivity contribution in [2.24, 2.45) is 0 Å². The van der Waals surface area contributed by atoms with Gasteiger partial charge in [0.05, 0.1) is 0 Å². The molecule has 3 nitrogen and oxygen atoms in total. The smallest absolute Gasteiger partial charge is 0.284 e. The second-order valence-electron chi connectivity index (χ2n) is 3.87. The van der Waals surface area contributed by atoms with Crippen LogP contribution in [0.25, 0.3) is 22.6 Å². The van der Waals surface area contributed by atoms with Gasteiger partial charge in [0, 0.05) is 5.56 Å². The number of H-pyrrole nitrogens is 1. The van der Waals surface area contributed by atoms with Gasteiger partial charge in [-0.15, -0.1) is 5.10 Å². The Morgan fingerprint density at radius 1 is 0.889 bits per heavy atom. The zero-order chi connectivity index (χ0) is 12.4. The third-order valence-electron chi connectivity index (χ3n) is 2.65. The highest BCUT2D eigenvalue weighted by atomic mass is 32.1. The maximum Gasteiger partial charge on any atom is 0.284 e. The van der Waals surface area contributed by atoms with E-state index in [0.717, 1.165) is 16.7 Å². The summed E-state index contributed by atoms with van der Waals surface area (Å²) in [5.74, 6) is 0.512. The molecular weight excluding hydrogens is 244 g/mol. The van der Waals surface area contributed by atoms with Crippen LogP contribution in [0.5, 0.6) is 0 Å². The summed E-state index contributed by atoms with van der Waals surface area (Å²) in [5.41, 5.74) is 3.19. The van der Waals surface area contributed by atoms with Crippen LogP contribution in [-0.4, -0.2) is 10.2 Å². The summed E-state index contributed by atoms with van der Waals surface area (Å²) < 4.78 is 5.31. The van der Waals surface area contributed by atoms with Crippen LogP contribution in [0.3, 0.4) is 0 Å². The van der Waals surface area contributed by atoms with Crippen molar-refractivity contribution in [3.63, 3.8) is 0 Å². The molecule has 0 unspecified atom stereocenters. The van der Waals surface area contributed by atoms with Crippen molar-refractivity contribution in [1.29, 1.82) is 0 Å². The van der Waals surface area contributed by atoms with Gasteiger partial charge in [0.2, 0.25) is 5.89 Å². The lowest BCUT2D eigenvalue weighted by atomic mass is 10.0. The van der Waals surface area contributed by atoms with E-state index in [0.29, 0.717) is 5.89 Å². The summed E-state index contributed by atoms with van der Waals surface area (Å²) in [4.78, 5) is 0.287. The zero-order valence-corrected chi connectivity index (χ0v) is 10.3. The number of hydrogen-bond donors (Lipinski definition) is 1. The molecule has 0 spiro atoms. The van der Waals surface area contributed by atoms with E-state index in [1.54, 1.807) is 0 Å². The molecule has 0 fully saturated rings. The van der Waals surface area contributed by atoms with Crippen molar-refractivity contribution in [3.8, 4) is 22.6 Å². The van der Waals surface area contributed by atoms with E-state index in [2.05, 4.69) is 28.4 Å². The minimum Gasteiger partial charge on any atom is -0.409 e. The number of rotatable bonds is 2. The second kappa shape index (κ2) is 4.58. The van der Waals surface area contributed by atoms with Gasteiger partial charge in [-0.2, -0.15) is 0 Å². The Morgan fingerprint density at radius 2 is 1.61 bits per heavy atom. The van der Waals surface area contributed by atoms with Gasteiger partial charge in [-0.05, 0) is 35.5 Å². The number of aromatic nitrogens is 2. The lowest BCUT2D eigenvalue weighted by molar-refractivity contribution is 0.552. The van der Waals surface area contributed by atoms with Crippen molar-refractivity contribution < 1.29 is 4.42 Å². The number of nitrogens with zero attached hydrogens (tertiary/aromatic N) is 1. The fourth-order valence-corrected chi connectivity index (χ4v) is 1.94. The Kier molecular flexibility index (Phi) is 2.78. The van der Waals surface area contributed by atoms with Crippen LogP contribution in [0.15, 0.2) is 59.0 Å². The van der Waals surface area contributed by atoms with Crippen molar-refractivity contribution in [3.05, 3.63) is 59.4 Å². The molecule has 18 heavy (non-hydrogen) atoms. The molecule has 0 aliphatic heterocycles. The Bertz CT molecular complexity index is 716. The number of aromatic amines is 1. The molecule has 4 heteroatoms. The average Bonchev–Trinajstić information content (AvgIpc) is 2.87. The maximum absolute atomic E-state index is 5.31. The van der Waals surface area contributed by atoms with E-state index in [-0.39, 0.29) is 4.84 Å². The third kappa shape index (κ3) is 2.10. The molecule has 0 saturated carbocycles. The van der Waals surface area contributed by atoms with Crippen molar-refractivity contribution in [2.45, 2.75) is 0 Å². The molecule has 3 rings (SSSR count). The SMILES string of the molecule is S=c1[nH]nc(-c2cccc(-c3ccccc3)c2)o1. The fraction of sp³-hybridized carbons (Fsp3) is 0. The summed E-state index contributed by atoms with van der Waals surface area (Å²) in [6, 6.07) is 18.2. The highest BCUT2D eigenvalue weighted by molar-refractivity contribution is 7.71. The Labute approximate surface area is 109 Å². The minimum atomic E-state index is 0.287. The summed E-state index contributed by atoms with van der Waals surface area (Å²) in [5, 5.41) is 6.65. The number of benzene rings is 2. The van der Waals surface area contributed by atoms with Crippen LogP contribution in [0.2, 0.25) is 0 Å². The van der Waals surface area contributed by atoms with Gasteiger partial charge in [-0.3, -0.25) is 0 Å². The first kappa shape index (κ1) is 10.9. The summed E-state index contributed by atoms with van der Waals surface area (Å²) in [6.07, 6.45) is 0. The molecule has 1 heterocycles. The quantitative estimate of drug-likeness (QED) is 0.701. The largest absolute Gasteiger partial charge is 0.409 e. The minimum absolute atomic E-state index is 0.287. The predicted octanol–water partition coefficient (Wildman–Crippen LogP) is 4.07. The zero-order valence-electron chi connectivity index (χ0n) is 9.46. The van der Waals surface area contributed by atoms with Crippen LogP contribution < -0.4 is 0 Å². The average molecular weight is 254 g/mol. The molecule has 0 bridgehead atoms. The van der Waals surface area contributed by atoms with E-state index in [1.807, 2.05) is 36.4 Å². The standard InChI is InChI=1S/C14H10N2OS/c18-14-16-15-13(17-14)12-8-4-7-11(9-12)10-5-2-1-3-6-10/h1-9H,(H,16,18). The maximum atomic E-state index is 5.31. The van der Waals surface area contributed by atoms with E-state index < -0.39 is 0 Å². The summed E-state index contributed by atoms with van der Waals surface area (Å²) in [7, 11) is 0. The van der Waals surface area contributed by atoms with Gasteiger partial charge in [-0.1, -0.05) is 42.5 Å². The Hall–Kier alpha value is -2.20. The summed E-state index contributed by atoms with van der Waals surface area (Å²) >= 11 is 4.87. The van der Waals surface area contributed by atoms with Crippen molar-refractivity contribution in [2.75, 3.05) is 0 Å². The number of hydrogen-bond acceptors (Lipinski definition) is 3. The first-order valence-electron chi connectivity index (χ1n) is 5.54. The molecular formula is C14H10N2OS. The number of nitrogens with one attached hydrogen (secondary N) is 1. The Balaban J connectivity index is 2.07. The lowest BCUT2D eigenvalue weighted by Gasteiger charge is -2.02. The van der Waals surface area contributed by atoms with Crippen molar-refractivity contribution in [1.82, 2.24) is 10.2 Å². The van der Waals surface area contributed by atoms with Crippen molar-refractivity contribution >= 4 is 12.2 Å². The van der Waals surface area contributed by atoms with Gasteiger partial charge < -0.3 is 4.42 Å². The molecule has 1 N–H and O–H groups in total. The topological polar surface area (TPSA) is 41.8 Å². The van der Waals surface area contributed by atoms with Crippen LogP contribution >= 0.6 is 12.2 Å². The molecule has 0 aliphatic carbocycles. The Morgan fingerprint density at radius 3 is 2.33 bits per heavy atom. The van der Waals surface area contributed by atoms with E-state index >= 15 is 0 Å². The predicted molar refractivity (Wildman–Crippen MR) is 72.6 cm³/mol. The van der Waals surface area contributed by atoms with Gasteiger partial charge in [0.25, 0.3) is 4.84 Å². The molecule has 0 saturated heterocycles. The second-order valence-corrected chi connectivity index (χ2v) is 4.24. The van der Waals surface area contributed by atoms with Gasteiger partial charge >= 0.3 is 0 Å². The van der Waals surface area contributed by atoms with E-state index in [4.69, 9.17) is 16.6 Å². The molecule has 1 aromatic heterocycles. The van der Waals surface area contributed by atoms with Gasteiger partial charge in [0.1, 0.15) is 0 Å². The molecule has 0 amide bonds. The highest BCUT2D eigenvalue weighted by Gasteiger charge is 2.05. The van der Waals surface area contributed by atoms with Crippen LogP contribution in [-0.2, 0) is 0 Å². The normalized spacial score (nSPS) is 10.4. The van der Waals surface area contributed by atoms with E-state index in [1.165, 1.54) is 0 Å². The molecule has 2 aromatic carbocycles. The molecule has 0 aliphatic rings. The summed E-state index contributed by atoms with van der Waals surface area (Å²) in [6.45, 7) is 0. The van der Waals surface area contributed by atoms with Crippen LogP contribution in [0, 0.1) is 4.84 Å². The fourth-order valence-electron chi connectivity index (χ4n) is 1.82. The molecule has 0 radical (unpaired) electrons. The lowest BCUT2D eigenvalue weighted by Crippen LogP contribution is -1.81. The monoisotopic (exact) mass is 254 g/mol.